The van der Waals surface area contributed by atoms with Crippen LogP contribution in [0.25, 0.3) is 0 Å². The lowest BCUT2D eigenvalue weighted by molar-refractivity contribution is -0.116. The second-order valence-electron chi connectivity index (χ2n) is 3.36. The summed E-state index contributed by atoms with van der Waals surface area (Å²) in [6.07, 6.45) is 4.94. The number of unbranched alkanes of at least 4 members (excludes halogenated alkanes) is 1. The quantitative estimate of drug-likeness (QED) is 0.810. The Morgan fingerprint density at radius 3 is 3.00 bits per heavy atom. The van der Waals surface area contributed by atoms with Crippen molar-refractivity contribution < 1.29 is 6.22 Å². The van der Waals surface area contributed by atoms with Gasteiger partial charge < -0.3 is 5.32 Å². The van der Waals surface area contributed by atoms with Crippen LogP contribution in [-0.2, 0) is 11.2 Å². The van der Waals surface area contributed by atoms with E-state index in [2.05, 4.69) is 22.2 Å². The highest BCUT2D eigenvalue weighted by molar-refractivity contribution is 5.89. The van der Waals surface area contributed by atoms with Crippen molar-refractivity contribution in [2.24, 2.45) is 0 Å². The molecule has 0 aliphatic carbocycles. The molecule has 84 valence electrons. The van der Waals surface area contributed by atoms with E-state index in [-0.39, 0.29) is 7.33 Å². The fourth-order valence-electron chi connectivity index (χ4n) is 1.18. The van der Waals surface area contributed by atoms with Crippen molar-refractivity contribution in [1.82, 2.24) is 9.97 Å². The Labute approximate surface area is 91.6 Å². The minimum absolute atomic E-state index is 0. The largest absolute Gasteiger partial charge is 0.311 e. The van der Waals surface area contributed by atoms with Gasteiger partial charge in [-0.25, -0.2) is 9.97 Å². The van der Waals surface area contributed by atoms with Gasteiger partial charge in [-0.1, -0.05) is 20.3 Å². The first-order valence-corrected chi connectivity index (χ1v) is 5.38. The second kappa shape index (κ2) is 6.11. The van der Waals surface area contributed by atoms with Crippen molar-refractivity contribution in [2.45, 2.75) is 39.5 Å². The summed E-state index contributed by atoms with van der Waals surface area (Å²) >= 11 is 0. The first kappa shape index (κ1) is 11.6. The minimum atomic E-state index is 0. The third-order valence-electron chi connectivity index (χ3n) is 2.05. The molecular weight excluding hydrogens is 190 g/mol. The molecule has 0 atom stereocenters. The van der Waals surface area contributed by atoms with Crippen molar-refractivity contribution in [3.05, 3.63) is 18.1 Å². The Hall–Kier alpha value is -1.45. The Morgan fingerprint density at radius 2 is 2.33 bits per heavy atom. The summed E-state index contributed by atoms with van der Waals surface area (Å²) < 4.78 is 0. The Kier molecular flexibility index (Phi) is 4.74. The van der Waals surface area contributed by atoms with Crippen LogP contribution in [0.15, 0.2) is 12.3 Å². The number of amides is 1. The third kappa shape index (κ3) is 4.06. The Morgan fingerprint density at radius 1 is 1.53 bits per heavy atom. The molecule has 0 fully saturated rings. The van der Waals surface area contributed by atoms with E-state index in [0.717, 1.165) is 25.1 Å². The fraction of sp³-hybridized carbons (Fsp3) is 0.545. The zero-order valence-electron chi connectivity index (χ0n) is 9.29. The van der Waals surface area contributed by atoms with Crippen LogP contribution in [0.5, 0.6) is 0 Å². The first-order chi connectivity index (χ1) is 7.26. The normalized spacial score (nSPS) is 10.0. The van der Waals surface area contributed by atoms with E-state index in [0.29, 0.717) is 12.2 Å². The van der Waals surface area contributed by atoms with Crippen LogP contribution in [0.2, 0.25) is 0 Å². The molecule has 1 heterocycles. The van der Waals surface area contributed by atoms with Crippen molar-refractivity contribution in [3.63, 3.8) is 0 Å². The third-order valence-corrected chi connectivity index (χ3v) is 2.05. The number of aromatic nitrogens is 2. The van der Waals surface area contributed by atoms with Gasteiger partial charge in [0, 0.05) is 20.5 Å². The molecule has 15 heavy (non-hydrogen) atoms. The highest BCUT2D eigenvalue weighted by Gasteiger charge is 2.03. The lowest BCUT2D eigenvalue weighted by Gasteiger charge is -2.04. The zero-order chi connectivity index (χ0) is 11.1. The molecular formula is C11H19N3O. The van der Waals surface area contributed by atoms with Gasteiger partial charge in [0.2, 0.25) is 5.91 Å². The van der Waals surface area contributed by atoms with Gasteiger partial charge in [-0.15, -0.1) is 0 Å². The van der Waals surface area contributed by atoms with E-state index in [4.69, 9.17) is 0 Å². The Bertz CT molecular complexity index is 331. The maximum Gasteiger partial charge on any atom is 0.225 e. The topological polar surface area (TPSA) is 54.9 Å². The van der Waals surface area contributed by atoms with Gasteiger partial charge in [-0.3, -0.25) is 4.79 Å². The minimum Gasteiger partial charge on any atom is -0.311 e. The molecule has 0 radical (unpaired) electrons. The predicted molar refractivity (Wildman–Crippen MR) is 61.7 cm³/mol. The highest BCUT2D eigenvalue weighted by Crippen LogP contribution is 2.04. The molecule has 1 rings (SSSR count). The molecule has 1 aromatic rings. The summed E-state index contributed by atoms with van der Waals surface area (Å²) in [6.45, 7) is 4.05. The molecule has 0 aliphatic heterocycles. The smallest absolute Gasteiger partial charge is 0.225 e. The lowest BCUT2D eigenvalue weighted by atomic mass is 10.2. The number of hydrogen-bond donors (Lipinski definition) is 1. The number of carbonyl (C=O) groups is 1. The van der Waals surface area contributed by atoms with Crippen LogP contribution >= 0.6 is 0 Å². The van der Waals surface area contributed by atoms with Gasteiger partial charge in [-0.05, 0) is 12.5 Å². The van der Waals surface area contributed by atoms with Gasteiger partial charge in [0.1, 0.15) is 11.6 Å². The van der Waals surface area contributed by atoms with Crippen molar-refractivity contribution in [1.29, 1.82) is 0 Å². The van der Waals surface area contributed by atoms with Gasteiger partial charge in [0.25, 0.3) is 0 Å². The van der Waals surface area contributed by atoms with E-state index in [1.54, 1.807) is 12.3 Å². The van der Waals surface area contributed by atoms with Crippen molar-refractivity contribution in [2.75, 3.05) is 5.32 Å². The molecule has 0 aliphatic rings. The Balaban J connectivity index is 0.00000225. The van der Waals surface area contributed by atoms with Crippen LogP contribution in [0.1, 0.15) is 40.4 Å². The number of hydrogen-bond acceptors (Lipinski definition) is 3. The van der Waals surface area contributed by atoms with Crippen LogP contribution < -0.4 is 5.32 Å². The van der Waals surface area contributed by atoms with Crippen LogP contribution in [0.4, 0.5) is 5.82 Å². The molecule has 0 spiro atoms. The number of nitrogens with one attached hydrogen (secondary N) is 1. The molecule has 0 aromatic carbocycles. The molecule has 0 unspecified atom stereocenters. The maximum atomic E-state index is 11.4. The molecule has 0 saturated carbocycles. The molecule has 1 aromatic heterocycles. The van der Waals surface area contributed by atoms with E-state index in [9.17, 15) is 4.79 Å². The average Bonchev–Trinajstić information content (AvgIpc) is 2.26. The van der Waals surface area contributed by atoms with Crippen LogP contribution in [-0.4, -0.2) is 15.9 Å². The molecule has 1 N–H and O–H groups in total. The summed E-state index contributed by atoms with van der Waals surface area (Å²) in [7, 11) is 0. The maximum absolute atomic E-state index is 11.4. The van der Waals surface area contributed by atoms with E-state index < -0.39 is 0 Å². The number of nitrogens with zero attached hydrogens (tertiary/aromatic N) is 2. The average molecular weight is 209 g/mol. The van der Waals surface area contributed by atoms with Crippen LogP contribution in [0.3, 0.4) is 0 Å². The predicted octanol–water partition coefficient (Wildman–Crippen LogP) is 2.41. The second-order valence-corrected chi connectivity index (χ2v) is 3.36. The van der Waals surface area contributed by atoms with Crippen LogP contribution in [0, 0.1) is 0 Å². The monoisotopic (exact) mass is 209 g/mol. The zero-order valence-corrected chi connectivity index (χ0v) is 9.29. The van der Waals surface area contributed by atoms with E-state index in [1.807, 2.05) is 6.92 Å². The number of anilines is 1. The fourth-order valence-corrected chi connectivity index (χ4v) is 1.18. The lowest BCUT2D eigenvalue weighted by Crippen LogP contribution is -2.12. The van der Waals surface area contributed by atoms with Crippen molar-refractivity contribution >= 4 is 11.7 Å². The number of carbonyl (C=O) groups excluding carboxylic acids is 1. The van der Waals surface area contributed by atoms with E-state index >= 15 is 0 Å². The summed E-state index contributed by atoms with van der Waals surface area (Å²) in [5.74, 6) is 1.38. The number of rotatable bonds is 5. The summed E-state index contributed by atoms with van der Waals surface area (Å²) in [5, 5.41) is 2.76. The van der Waals surface area contributed by atoms with Crippen molar-refractivity contribution in [3.8, 4) is 0 Å². The molecule has 0 saturated heterocycles. The molecule has 0 bridgehead atoms. The summed E-state index contributed by atoms with van der Waals surface area (Å²) in [5.41, 5.74) is 0. The van der Waals surface area contributed by atoms with Gasteiger partial charge >= 0.3 is 0 Å². The highest BCUT2D eigenvalue weighted by atomic mass is 16.1. The van der Waals surface area contributed by atoms with Gasteiger partial charge in [0.05, 0.1) is 0 Å². The van der Waals surface area contributed by atoms with E-state index in [1.165, 1.54) is 0 Å². The summed E-state index contributed by atoms with van der Waals surface area (Å²) in [6, 6.07) is 1.71. The molecule has 4 nitrogen and oxygen atoms in total. The molecule has 4 heteroatoms. The summed E-state index contributed by atoms with van der Waals surface area (Å²) in [4.78, 5) is 19.7. The van der Waals surface area contributed by atoms with Gasteiger partial charge in [-0.2, -0.15) is 0 Å². The molecule has 1 amide bonds. The standard InChI is InChI=1S/C11H17N3O.H2/c1-3-5-6-11(15)14-10-7-8-12-9(4-2)13-10;/h7-8H,3-6H2,1-2H3,(H,12,13,14,15);1H. The number of aryl methyl sites for hydroxylation is 1. The van der Waals surface area contributed by atoms with Gasteiger partial charge in [0.15, 0.2) is 0 Å². The SMILES string of the molecule is CCCCC(=O)Nc1ccnc(CC)n1.[HH]. The first-order valence-electron chi connectivity index (χ1n) is 5.38.